The fourth-order valence-electron chi connectivity index (χ4n) is 3.37. The molecule has 0 amide bonds. The molecule has 2 atom stereocenters. The van der Waals surface area contributed by atoms with Crippen molar-refractivity contribution in [1.29, 1.82) is 5.26 Å². The third kappa shape index (κ3) is 4.02. The number of nitriles is 1. The van der Waals surface area contributed by atoms with E-state index in [1.165, 1.54) is 12.4 Å². The fraction of sp³-hybridized carbons (Fsp3) is 0.300. The second kappa shape index (κ2) is 7.85. The highest BCUT2D eigenvalue weighted by Crippen LogP contribution is 2.36. The van der Waals surface area contributed by atoms with Crippen molar-refractivity contribution >= 4 is 11.6 Å². The Bertz CT molecular complexity index is 1060. The molecule has 29 heavy (non-hydrogen) atoms. The van der Waals surface area contributed by atoms with Crippen molar-refractivity contribution in [3.63, 3.8) is 0 Å². The predicted molar refractivity (Wildman–Crippen MR) is 105 cm³/mol. The van der Waals surface area contributed by atoms with Gasteiger partial charge in [0.15, 0.2) is 11.5 Å². The van der Waals surface area contributed by atoms with Crippen LogP contribution < -0.4 is 15.8 Å². The minimum Gasteiger partial charge on any atom is -0.490 e. The van der Waals surface area contributed by atoms with E-state index in [0.717, 1.165) is 19.3 Å². The predicted octanol–water partition coefficient (Wildman–Crippen LogP) is 3.19. The molecule has 1 aliphatic carbocycles. The number of rotatable bonds is 5. The Balaban J connectivity index is 1.60. The molecule has 0 radical (unpaired) electrons. The maximum absolute atomic E-state index is 15.0. The zero-order chi connectivity index (χ0) is 20.4. The lowest BCUT2D eigenvalue weighted by Gasteiger charge is -2.17. The molecule has 0 bridgehead atoms. The fourth-order valence-corrected chi connectivity index (χ4v) is 3.37. The number of anilines is 2. The number of benzene rings is 1. The molecule has 2 heterocycles. The quantitative estimate of drug-likeness (QED) is 0.608. The van der Waals surface area contributed by atoms with Gasteiger partial charge in [0.05, 0.1) is 23.7 Å². The lowest BCUT2D eigenvalue weighted by atomic mass is 10.1. The minimum absolute atomic E-state index is 0.0275. The van der Waals surface area contributed by atoms with Gasteiger partial charge in [-0.2, -0.15) is 10.4 Å². The van der Waals surface area contributed by atoms with E-state index in [0.29, 0.717) is 34.2 Å². The largest absolute Gasteiger partial charge is 0.490 e. The summed E-state index contributed by atoms with van der Waals surface area (Å²) in [6, 6.07) is 7.17. The normalized spacial score (nSPS) is 18.4. The van der Waals surface area contributed by atoms with Crippen molar-refractivity contribution in [1.82, 2.24) is 20.2 Å². The lowest BCUT2D eigenvalue weighted by molar-refractivity contribution is 0.208. The summed E-state index contributed by atoms with van der Waals surface area (Å²) in [6.07, 6.45) is 5.26. The summed E-state index contributed by atoms with van der Waals surface area (Å²) in [4.78, 5) is 8.04. The average molecular weight is 393 g/mol. The smallest absolute Gasteiger partial charge is 0.158 e. The summed E-state index contributed by atoms with van der Waals surface area (Å²) < 4.78 is 21.1. The molecule has 1 aromatic carbocycles. The van der Waals surface area contributed by atoms with Gasteiger partial charge in [0.2, 0.25) is 0 Å². The number of aromatic nitrogens is 4. The number of nitrogens with two attached hydrogens (primary N) is 1. The van der Waals surface area contributed by atoms with E-state index in [9.17, 15) is 4.39 Å². The maximum atomic E-state index is 15.0. The Hall–Kier alpha value is -3.51. The van der Waals surface area contributed by atoms with Gasteiger partial charge in [0, 0.05) is 12.1 Å². The first-order valence-electron chi connectivity index (χ1n) is 9.29. The van der Waals surface area contributed by atoms with Crippen molar-refractivity contribution in [2.24, 2.45) is 5.73 Å². The highest BCUT2D eigenvalue weighted by Gasteiger charge is 2.26. The molecule has 1 saturated carbocycles. The SMILES string of the molecule is Cc1ccc(O[C@@H]2CC[C@@H](N)C2)c(-c2cc(Nc3cnc(C#N)cn3)n[nH]2)c1F. The van der Waals surface area contributed by atoms with E-state index in [4.69, 9.17) is 15.7 Å². The van der Waals surface area contributed by atoms with Gasteiger partial charge in [-0.15, -0.1) is 0 Å². The molecule has 8 nitrogen and oxygen atoms in total. The van der Waals surface area contributed by atoms with Crippen molar-refractivity contribution in [3.8, 4) is 23.1 Å². The molecule has 0 unspecified atom stereocenters. The Labute approximate surface area is 166 Å². The molecule has 0 saturated heterocycles. The molecule has 4 N–H and O–H groups in total. The van der Waals surface area contributed by atoms with Crippen LogP contribution >= 0.6 is 0 Å². The number of nitrogens with zero attached hydrogens (tertiary/aromatic N) is 4. The van der Waals surface area contributed by atoms with Crippen molar-refractivity contribution < 1.29 is 9.13 Å². The van der Waals surface area contributed by atoms with E-state index in [2.05, 4.69) is 25.5 Å². The maximum Gasteiger partial charge on any atom is 0.158 e. The van der Waals surface area contributed by atoms with Gasteiger partial charge >= 0.3 is 0 Å². The van der Waals surface area contributed by atoms with Gasteiger partial charge in [-0.05, 0) is 37.8 Å². The third-order valence-electron chi connectivity index (χ3n) is 4.89. The van der Waals surface area contributed by atoms with E-state index in [1.54, 1.807) is 25.1 Å². The van der Waals surface area contributed by atoms with Gasteiger partial charge in [0.25, 0.3) is 0 Å². The Morgan fingerprint density at radius 1 is 1.28 bits per heavy atom. The molecular weight excluding hydrogens is 373 g/mol. The van der Waals surface area contributed by atoms with E-state index >= 15 is 0 Å². The average Bonchev–Trinajstić information content (AvgIpc) is 3.34. The zero-order valence-corrected chi connectivity index (χ0v) is 15.8. The molecular formula is C20H20FN7O. The van der Waals surface area contributed by atoms with Crippen LogP contribution in [0.3, 0.4) is 0 Å². The zero-order valence-electron chi connectivity index (χ0n) is 15.8. The number of aryl methyl sites for hydroxylation is 1. The first-order valence-corrected chi connectivity index (χ1v) is 9.29. The summed E-state index contributed by atoms with van der Waals surface area (Å²) >= 11 is 0. The molecule has 3 aromatic rings. The van der Waals surface area contributed by atoms with Crippen LogP contribution in [0.15, 0.2) is 30.6 Å². The van der Waals surface area contributed by atoms with Gasteiger partial charge in [-0.3, -0.25) is 5.10 Å². The first kappa shape index (κ1) is 18.8. The van der Waals surface area contributed by atoms with Crippen LogP contribution in [0.2, 0.25) is 0 Å². The molecule has 4 rings (SSSR count). The Morgan fingerprint density at radius 2 is 2.14 bits per heavy atom. The molecule has 2 aromatic heterocycles. The molecule has 9 heteroatoms. The molecule has 1 aliphatic rings. The lowest BCUT2D eigenvalue weighted by Crippen LogP contribution is -2.19. The van der Waals surface area contributed by atoms with Gasteiger partial charge in [-0.25, -0.2) is 14.4 Å². The number of hydrogen-bond acceptors (Lipinski definition) is 7. The molecule has 0 spiro atoms. The summed E-state index contributed by atoms with van der Waals surface area (Å²) in [5.41, 5.74) is 7.51. The van der Waals surface area contributed by atoms with Crippen molar-refractivity contribution in [2.75, 3.05) is 5.32 Å². The van der Waals surface area contributed by atoms with Crippen LogP contribution in [0, 0.1) is 24.1 Å². The van der Waals surface area contributed by atoms with Crippen LogP contribution in [0.25, 0.3) is 11.3 Å². The van der Waals surface area contributed by atoms with Crippen LogP contribution in [-0.4, -0.2) is 32.3 Å². The van der Waals surface area contributed by atoms with Crippen LogP contribution in [0.5, 0.6) is 5.75 Å². The van der Waals surface area contributed by atoms with Gasteiger partial charge in [0.1, 0.15) is 29.6 Å². The molecule has 1 fully saturated rings. The van der Waals surface area contributed by atoms with Gasteiger partial charge < -0.3 is 15.8 Å². The standard InChI is InChI=1S/C20H20FN7O/c1-11-2-5-16(29-14-4-3-12(23)6-14)19(20(11)21)15-7-17(28-27-15)26-18-10-24-13(8-22)9-25-18/h2,5,7,9-10,12,14H,3-4,6,23H2,1H3,(H2,25,26,27,28)/t12-,14-/m1/s1. The second-order valence-corrected chi connectivity index (χ2v) is 7.07. The van der Waals surface area contributed by atoms with Crippen molar-refractivity contribution in [2.45, 2.75) is 38.3 Å². The second-order valence-electron chi connectivity index (χ2n) is 7.07. The number of nitrogens with one attached hydrogen (secondary N) is 2. The van der Waals surface area contributed by atoms with E-state index in [1.807, 2.05) is 6.07 Å². The third-order valence-corrected chi connectivity index (χ3v) is 4.89. The highest BCUT2D eigenvalue weighted by molar-refractivity contribution is 5.72. The molecule has 0 aliphatic heterocycles. The summed E-state index contributed by atoms with van der Waals surface area (Å²) in [5, 5.41) is 18.8. The Morgan fingerprint density at radius 3 is 2.83 bits per heavy atom. The number of aromatic amines is 1. The summed E-state index contributed by atoms with van der Waals surface area (Å²) in [6.45, 7) is 1.70. The van der Waals surface area contributed by atoms with Crippen LogP contribution in [0.1, 0.15) is 30.5 Å². The first-order chi connectivity index (χ1) is 14.0. The molecule has 148 valence electrons. The topological polar surface area (TPSA) is 126 Å². The van der Waals surface area contributed by atoms with Gasteiger partial charge in [-0.1, -0.05) is 6.07 Å². The Kier molecular flexibility index (Phi) is 5.10. The number of ether oxygens (including phenoxy) is 1. The number of hydrogen-bond donors (Lipinski definition) is 3. The van der Waals surface area contributed by atoms with Crippen LogP contribution in [0.4, 0.5) is 16.0 Å². The van der Waals surface area contributed by atoms with Crippen molar-refractivity contribution in [3.05, 3.63) is 47.7 Å². The number of halogens is 1. The summed E-state index contributed by atoms with van der Waals surface area (Å²) in [7, 11) is 0. The summed E-state index contributed by atoms with van der Waals surface area (Å²) in [5.74, 6) is 0.954. The number of H-pyrrole nitrogens is 1. The monoisotopic (exact) mass is 393 g/mol. The van der Waals surface area contributed by atoms with E-state index in [-0.39, 0.29) is 23.7 Å². The highest BCUT2D eigenvalue weighted by atomic mass is 19.1. The van der Waals surface area contributed by atoms with E-state index < -0.39 is 0 Å². The van der Waals surface area contributed by atoms with Crippen LogP contribution in [-0.2, 0) is 0 Å². The minimum atomic E-state index is -0.363.